The maximum absolute atomic E-state index is 13.1. The molecule has 1 fully saturated rings. The highest BCUT2D eigenvalue weighted by Gasteiger charge is 2.22. The third kappa shape index (κ3) is 3.38. The third-order valence-corrected chi connectivity index (χ3v) is 2.48. The molecule has 0 aliphatic carbocycles. The molecule has 1 saturated heterocycles. The van der Waals surface area contributed by atoms with Crippen molar-refractivity contribution in [2.75, 3.05) is 13.2 Å². The zero-order chi connectivity index (χ0) is 12.3. The monoisotopic (exact) mass is 240 g/mol. The van der Waals surface area contributed by atoms with Crippen molar-refractivity contribution in [3.05, 3.63) is 23.6 Å². The van der Waals surface area contributed by atoms with Gasteiger partial charge in [0, 0.05) is 18.2 Å². The van der Waals surface area contributed by atoms with Crippen LogP contribution in [0.3, 0.4) is 0 Å². The lowest BCUT2D eigenvalue weighted by Gasteiger charge is -2.27. The largest absolute Gasteiger partial charge is 0.469 e. The van der Waals surface area contributed by atoms with Gasteiger partial charge in [0.2, 0.25) is 5.88 Å². The Morgan fingerprint density at radius 2 is 2.35 bits per heavy atom. The molecule has 4 nitrogen and oxygen atoms in total. The molecule has 0 bridgehead atoms. The summed E-state index contributed by atoms with van der Waals surface area (Å²) >= 11 is 0. The van der Waals surface area contributed by atoms with Gasteiger partial charge in [0.1, 0.15) is 11.9 Å². The van der Waals surface area contributed by atoms with Crippen molar-refractivity contribution in [2.45, 2.75) is 32.5 Å². The Balaban J connectivity index is 2.06. The number of rotatable bonds is 5. The molecule has 5 heteroatoms. The minimum atomic E-state index is -0.345. The number of hydrogen-bond acceptors (Lipinski definition) is 4. The molecule has 0 saturated carbocycles. The van der Waals surface area contributed by atoms with Gasteiger partial charge in [-0.15, -0.1) is 0 Å². The number of pyridine rings is 1. The van der Waals surface area contributed by atoms with Gasteiger partial charge in [-0.2, -0.15) is 0 Å². The summed E-state index contributed by atoms with van der Waals surface area (Å²) in [6.07, 6.45) is 1.22. The highest BCUT2D eigenvalue weighted by molar-refractivity contribution is 5.26. The molecule has 17 heavy (non-hydrogen) atoms. The van der Waals surface area contributed by atoms with E-state index in [-0.39, 0.29) is 11.9 Å². The van der Waals surface area contributed by atoms with E-state index in [0.717, 1.165) is 5.56 Å². The quantitative estimate of drug-likeness (QED) is 0.847. The molecular weight excluding hydrogens is 223 g/mol. The van der Waals surface area contributed by atoms with Crippen LogP contribution in [0.2, 0.25) is 0 Å². The van der Waals surface area contributed by atoms with Gasteiger partial charge in [-0.3, -0.25) is 0 Å². The molecule has 0 spiro atoms. The molecule has 0 aromatic carbocycles. The van der Waals surface area contributed by atoms with Crippen LogP contribution in [0.5, 0.6) is 5.88 Å². The van der Waals surface area contributed by atoms with Crippen LogP contribution < -0.4 is 10.1 Å². The zero-order valence-corrected chi connectivity index (χ0v) is 10.1. The van der Waals surface area contributed by atoms with E-state index in [1.165, 1.54) is 12.3 Å². The third-order valence-electron chi connectivity index (χ3n) is 2.48. The number of aromatic nitrogens is 1. The molecule has 0 radical (unpaired) electrons. The number of halogens is 1. The van der Waals surface area contributed by atoms with Crippen molar-refractivity contribution in [2.24, 2.45) is 0 Å². The average molecular weight is 240 g/mol. The summed E-state index contributed by atoms with van der Waals surface area (Å²) in [4.78, 5) is 3.99. The first-order valence-electron chi connectivity index (χ1n) is 5.77. The van der Waals surface area contributed by atoms with E-state index < -0.39 is 0 Å². The van der Waals surface area contributed by atoms with E-state index in [9.17, 15) is 4.39 Å². The van der Waals surface area contributed by atoms with Crippen LogP contribution in [-0.2, 0) is 11.3 Å². The first-order valence-corrected chi connectivity index (χ1v) is 5.77. The fourth-order valence-corrected chi connectivity index (χ4v) is 1.46. The van der Waals surface area contributed by atoms with Crippen molar-refractivity contribution in [3.63, 3.8) is 0 Å². The Kier molecular flexibility index (Phi) is 3.91. The molecule has 1 N–H and O–H groups in total. The van der Waals surface area contributed by atoms with E-state index in [0.29, 0.717) is 31.7 Å². The molecule has 2 rings (SSSR count). The topological polar surface area (TPSA) is 43.4 Å². The van der Waals surface area contributed by atoms with E-state index in [2.05, 4.69) is 10.3 Å². The summed E-state index contributed by atoms with van der Waals surface area (Å²) in [5, 5.41) is 3.22. The second-order valence-corrected chi connectivity index (χ2v) is 4.43. The summed E-state index contributed by atoms with van der Waals surface area (Å²) in [6, 6.07) is 1.79. The predicted octanol–water partition coefficient (Wildman–Crippen LogP) is 1.50. The molecule has 1 aromatic heterocycles. The van der Waals surface area contributed by atoms with E-state index in [1.54, 1.807) is 0 Å². The Labute approximate surface area is 100 Å². The average Bonchev–Trinajstić information content (AvgIpc) is 2.22. The maximum Gasteiger partial charge on any atom is 0.218 e. The molecule has 0 atom stereocenters. The molecule has 0 amide bonds. The normalized spacial score (nSPS) is 16.0. The van der Waals surface area contributed by atoms with E-state index >= 15 is 0 Å². The summed E-state index contributed by atoms with van der Waals surface area (Å²) in [6.45, 7) is 5.78. The van der Waals surface area contributed by atoms with Gasteiger partial charge in [0.05, 0.1) is 19.4 Å². The van der Waals surface area contributed by atoms with Gasteiger partial charge >= 0.3 is 0 Å². The number of nitrogens with zero attached hydrogens (tertiary/aromatic N) is 1. The number of ether oxygens (including phenoxy) is 2. The lowest BCUT2D eigenvalue weighted by molar-refractivity contribution is -0.0817. The lowest BCUT2D eigenvalue weighted by atomic mass is 10.2. The van der Waals surface area contributed by atoms with Gasteiger partial charge in [-0.25, -0.2) is 9.37 Å². The fourth-order valence-electron chi connectivity index (χ4n) is 1.46. The van der Waals surface area contributed by atoms with Crippen molar-refractivity contribution in [1.82, 2.24) is 10.3 Å². The molecule has 1 aliphatic heterocycles. The molecule has 1 aromatic rings. The van der Waals surface area contributed by atoms with Crippen LogP contribution in [0.15, 0.2) is 12.3 Å². The van der Waals surface area contributed by atoms with E-state index in [4.69, 9.17) is 9.47 Å². The fraction of sp³-hybridized carbons (Fsp3) is 0.583. The van der Waals surface area contributed by atoms with Crippen LogP contribution in [0, 0.1) is 5.82 Å². The van der Waals surface area contributed by atoms with E-state index in [1.807, 2.05) is 13.8 Å². The Hall–Kier alpha value is -1.20. The highest BCUT2D eigenvalue weighted by atomic mass is 19.1. The van der Waals surface area contributed by atoms with Crippen molar-refractivity contribution in [3.8, 4) is 5.88 Å². The maximum atomic E-state index is 13.1. The standard InChI is InChI=1S/C12H17FN2O2/c1-8(2)14-4-9-3-10(13)5-15-12(9)17-11-6-16-7-11/h3,5,8,11,14H,4,6-7H2,1-2H3. The van der Waals surface area contributed by atoms with Crippen LogP contribution in [0.25, 0.3) is 0 Å². The minimum absolute atomic E-state index is 0.0470. The van der Waals surface area contributed by atoms with Crippen LogP contribution in [0.4, 0.5) is 4.39 Å². The molecule has 1 aliphatic rings. The summed E-state index contributed by atoms with van der Waals surface area (Å²) in [7, 11) is 0. The minimum Gasteiger partial charge on any atom is -0.469 e. The summed E-state index contributed by atoms with van der Waals surface area (Å²) < 4.78 is 23.8. The second-order valence-electron chi connectivity index (χ2n) is 4.43. The first-order chi connectivity index (χ1) is 8.15. The van der Waals surface area contributed by atoms with Gasteiger partial charge < -0.3 is 14.8 Å². The predicted molar refractivity (Wildman–Crippen MR) is 61.4 cm³/mol. The smallest absolute Gasteiger partial charge is 0.218 e. The molecule has 94 valence electrons. The Bertz CT molecular complexity index is 381. The van der Waals surface area contributed by atoms with Crippen molar-refractivity contribution in [1.29, 1.82) is 0 Å². The van der Waals surface area contributed by atoms with Crippen LogP contribution in [-0.4, -0.2) is 30.3 Å². The van der Waals surface area contributed by atoms with Crippen LogP contribution in [0.1, 0.15) is 19.4 Å². The number of nitrogens with one attached hydrogen (secondary N) is 1. The zero-order valence-electron chi connectivity index (χ0n) is 10.1. The second kappa shape index (κ2) is 5.42. The van der Waals surface area contributed by atoms with Crippen molar-refractivity contribution >= 4 is 0 Å². The number of hydrogen-bond donors (Lipinski definition) is 1. The summed E-state index contributed by atoms with van der Waals surface area (Å²) in [5.41, 5.74) is 0.741. The van der Waals surface area contributed by atoms with Gasteiger partial charge in [0.15, 0.2) is 0 Å². The SMILES string of the molecule is CC(C)NCc1cc(F)cnc1OC1COC1. The van der Waals surface area contributed by atoms with Gasteiger partial charge in [-0.05, 0) is 6.07 Å². The Morgan fingerprint density at radius 1 is 1.59 bits per heavy atom. The van der Waals surface area contributed by atoms with Gasteiger partial charge in [0.25, 0.3) is 0 Å². The molecular formula is C12H17FN2O2. The Morgan fingerprint density at radius 3 is 2.94 bits per heavy atom. The molecule has 0 unspecified atom stereocenters. The molecule has 2 heterocycles. The lowest BCUT2D eigenvalue weighted by Crippen LogP contribution is -2.39. The highest BCUT2D eigenvalue weighted by Crippen LogP contribution is 2.19. The van der Waals surface area contributed by atoms with Crippen molar-refractivity contribution < 1.29 is 13.9 Å². The van der Waals surface area contributed by atoms with Crippen LogP contribution >= 0.6 is 0 Å². The summed E-state index contributed by atoms with van der Waals surface area (Å²) in [5.74, 6) is 0.149. The van der Waals surface area contributed by atoms with Gasteiger partial charge in [-0.1, -0.05) is 13.8 Å². The first kappa shape index (κ1) is 12.3.